The van der Waals surface area contributed by atoms with Gasteiger partial charge in [-0.15, -0.1) is 0 Å². The van der Waals surface area contributed by atoms with Crippen LogP contribution in [0.1, 0.15) is 56.3 Å². The summed E-state index contributed by atoms with van der Waals surface area (Å²) in [5, 5.41) is 3.84. The number of alkyl carbamates (subject to hydrolysis) is 1. The van der Waals surface area contributed by atoms with E-state index >= 15 is 0 Å². The molecule has 3 nitrogen and oxygen atoms in total. The highest BCUT2D eigenvalue weighted by Crippen LogP contribution is 2.31. The number of hydrogen-bond acceptors (Lipinski definition) is 2. The molecule has 1 N–H and O–H groups in total. The smallest absolute Gasteiger partial charge is 0.408 e. The molecule has 0 spiro atoms. The normalized spacial score (nSPS) is 18.3. The van der Waals surface area contributed by atoms with Crippen molar-refractivity contribution in [2.45, 2.75) is 57.0 Å². The number of alkyl halides is 1. The number of nitrogens with one attached hydrogen (secondary N) is 1. The molecule has 0 saturated heterocycles. The first-order valence-corrected chi connectivity index (χ1v) is 8.18. The molecule has 0 aromatic heterocycles. The van der Waals surface area contributed by atoms with E-state index in [1.165, 1.54) is 16.7 Å². The summed E-state index contributed by atoms with van der Waals surface area (Å²) in [7, 11) is 0. The number of hydrogen-bond donors (Lipinski definition) is 1. The van der Waals surface area contributed by atoms with Gasteiger partial charge in [-0.1, -0.05) is 34.1 Å². The summed E-state index contributed by atoms with van der Waals surface area (Å²) in [6.45, 7) is 5.64. The lowest BCUT2D eigenvalue weighted by Crippen LogP contribution is -2.36. The average Bonchev–Trinajstić information content (AvgIpc) is 2.36. The first-order valence-electron chi connectivity index (χ1n) is 7.06. The van der Waals surface area contributed by atoms with Crippen molar-refractivity contribution in [3.8, 4) is 0 Å². The van der Waals surface area contributed by atoms with Crippen LogP contribution in [0.5, 0.6) is 0 Å². The summed E-state index contributed by atoms with van der Waals surface area (Å²) >= 11 is 3.48. The molecule has 1 amide bonds. The van der Waals surface area contributed by atoms with Gasteiger partial charge in [0, 0.05) is 5.33 Å². The van der Waals surface area contributed by atoms with E-state index in [0.29, 0.717) is 0 Å². The Bertz CT molecular complexity index is 494. The van der Waals surface area contributed by atoms with Crippen LogP contribution >= 0.6 is 15.9 Å². The molecule has 0 saturated carbocycles. The zero-order valence-corrected chi connectivity index (χ0v) is 13.9. The molecular weight excluding hydrogens is 318 g/mol. The number of benzene rings is 1. The van der Waals surface area contributed by atoms with Gasteiger partial charge in [0.05, 0.1) is 6.04 Å². The van der Waals surface area contributed by atoms with Crippen LogP contribution in [-0.4, -0.2) is 11.7 Å². The van der Waals surface area contributed by atoms with E-state index in [2.05, 4.69) is 39.4 Å². The third-order valence-corrected chi connectivity index (χ3v) is 4.02. The Morgan fingerprint density at radius 2 is 2.20 bits per heavy atom. The molecule has 0 aliphatic heterocycles. The first kappa shape index (κ1) is 15.4. The molecule has 1 unspecified atom stereocenters. The third kappa shape index (κ3) is 3.98. The fourth-order valence-corrected chi connectivity index (χ4v) is 2.88. The van der Waals surface area contributed by atoms with Crippen molar-refractivity contribution in [1.82, 2.24) is 5.32 Å². The number of ether oxygens (including phenoxy) is 1. The van der Waals surface area contributed by atoms with Crippen molar-refractivity contribution in [3.05, 3.63) is 34.9 Å². The summed E-state index contributed by atoms with van der Waals surface area (Å²) in [6, 6.07) is 6.57. The van der Waals surface area contributed by atoms with Gasteiger partial charge in [0.1, 0.15) is 5.60 Å². The van der Waals surface area contributed by atoms with Crippen LogP contribution in [0.25, 0.3) is 0 Å². The van der Waals surface area contributed by atoms with Crippen LogP contribution in [0, 0.1) is 0 Å². The number of halogens is 1. The van der Waals surface area contributed by atoms with Crippen molar-refractivity contribution in [3.63, 3.8) is 0 Å². The van der Waals surface area contributed by atoms with Crippen molar-refractivity contribution in [1.29, 1.82) is 0 Å². The Morgan fingerprint density at radius 1 is 1.45 bits per heavy atom. The Hall–Kier alpha value is -1.03. The van der Waals surface area contributed by atoms with Gasteiger partial charge in [-0.3, -0.25) is 0 Å². The van der Waals surface area contributed by atoms with Gasteiger partial charge in [0.25, 0.3) is 0 Å². The molecule has 1 aromatic carbocycles. The van der Waals surface area contributed by atoms with Gasteiger partial charge >= 0.3 is 6.09 Å². The highest BCUT2D eigenvalue weighted by atomic mass is 79.9. The second kappa shape index (κ2) is 6.17. The Morgan fingerprint density at radius 3 is 2.85 bits per heavy atom. The third-order valence-electron chi connectivity index (χ3n) is 3.37. The number of aryl methyl sites for hydroxylation is 1. The molecule has 2 rings (SSSR count). The molecule has 4 heteroatoms. The minimum Gasteiger partial charge on any atom is -0.444 e. The maximum atomic E-state index is 11.9. The average molecular weight is 340 g/mol. The predicted octanol–water partition coefficient (Wildman–Crippen LogP) is 4.48. The van der Waals surface area contributed by atoms with Crippen LogP contribution in [-0.2, 0) is 16.5 Å². The Balaban J connectivity index is 2.13. The molecule has 1 atom stereocenters. The Labute approximate surface area is 129 Å². The van der Waals surface area contributed by atoms with Crippen LogP contribution in [0.3, 0.4) is 0 Å². The van der Waals surface area contributed by atoms with E-state index < -0.39 is 5.60 Å². The van der Waals surface area contributed by atoms with E-state index in [1.807, 2.05) is 20.8 Å². The molecule has 0 fully saturated rings. The van der Waals surface area contributed by atoms with Crippen LogP contribution < -0.4 is 5.32 Å². The van der Waals surface area contributed by atoms with E-state index in [0.717, 1.165) is 24.6 Å². The summed E-state index contributed by atoms with van der Waals surface area (Å²) < 4.78 is 5.35. The van der Waals surface area contributed by atoms with E-state index in [-0.39, 0.29) is 12.1 Å². The second-order valence-corrected chi connectivity index (χ2v) is 6.82. The fourth-order valence-electron chi connectivity index (χ4n) is 2.53. The van der Waals surface area contributed by atoms with Gasteiger partial charge < -0.3 is 10.1 Å². The lowest BCUT2D eigenvalue weighted by Gasteiger charge is -2.28. The quantitative estimate of drug-likeness (QED) is 0.806. The van der Waals surface area contributed by atoms with Crippen LogP contribution in [0.2, 0.25) is 0 Å². The van der Waals surface area contributed by atoms with Crippen molar-refractivity contribution < 1.29 is 9.53 Å². The molecular formula is C16H22BrNO2. The number of carbonyl (C=O) groups excluding carboxylic acids is 1. The standard InChI is InChI=1S/C16H22BrNO2/c1-16(2,3)20-15(19)18-14-6-4-5-12-8-7-11(10-17)9-13(12)14/h7-9,14H,4-6,10H2,1-3H3,(H,18,19). The maximum absolute atomic E-state index is 11.9. The number of amides is 1. The molecule has 1 aliphatic carbocycles. The number of carbonyl (C=O) groups is 1. The Kier molecular flexibility index (Phi) is 4.74. The van der Waals surface area contributed by atoms with Gasteiger partial charge in [-0.2, -0.15) is 0 Å². The first-order chi connectivity index (χ1) is 9.39. The summed E-state index contributed by atoms with van der Waals surface area (Å²) in [4.78, 5) is 11.9. The molecule has 0 radical (unpaired) electrons. The topological polar surface area (TPSA) is 38.3 Å². The molecule has 1 aromatic rings. The van der Waals surface area contributed by atoms with Crippen LogP contribution in [0.4, 0.5) is 4.79 Å². The highest BCUT2D eigenvalue weighted by molar-refractivity contribution is 9.08. The van der Waals surface area contributed by atoms with Gasteiger partial charge in [0.15, 0.2) is 0 Å². The predicted molar refractivity (Wildman–Crippen MR) is 84.1 cm³/mol. The van der Waals surface area contributed by atoms with Crippen molar-refractivity contribution in [2.75, 3.05) is 0 Å². The SMILES string of the molecule is CC(C)(C)OC(=O)NC1CCCc2ccc(CBr)cc21. The summed E-state index contributed by atoms with van der Waals surface area (Å²) in [5.74, 6) is 0. The highest BCUT2D eigenvalue weighted by Gasteiger charge is 2.24. The van der Waals surface area contributed by atoms with E-state index in [1.54, 1.807) is 0 Å². The lowest BCUT2D eigenvalue weighted by molar-refractivity contribution is 0.0498. The van der Waals surface area contributed by atoms with Gasteiger partial charge in [0.2, 0.25) is 0 Å². The fraction of sp³-hybridized carbons (Fsp3) is 0.562. The second-order valence-electron chi connectivity index (χ2n) is 6.26. The minimum atomic E-state index is -0.459. The molecule has 0 bridgehead atoms. The number of rotatable bonds is 2. The summed E-state index contributed by atoms with van der Waals surface area (Å²) in [5.41, 5.74) is 3.35. The molecule has 110 valence electrons. The number of fused-ring (bicyclic) bond motifs is 1. The molecule has 1 aliphatic rings. The zero-order chi connectivity index (χ0) is 14.8. The van der Waals surface area contributed by atoms with Gasteiger partial charge in [-0.05, 0) is 56.7 Å². The van der Waals surface area contributed by atoms with Crippen molar-refractivity contribution in [2.24, 2.45) is 0 Å². The maximum Gasteiger partial charge on any atom is 0.408 e. The lowest BCUT2D eigenvalue weighted by atomic mass is 9.87. The largest absolute Gasteiger partial charge is 0.444 e. The minimum absolute atomic E-state index is 0.0626. The zero-order valence-electron chi connectivity index (χ0n) is 12.3. The van der Waals surface area contributed by atoms with Crippen molar-refractivity contribution >= 4 is 22.0 Å². The van der Waals surface area contributed by atoms with E-state index in [4.69, 9.17) is 4.74 Å². The monoisotopic (exact) mass is 339 g/mol. The summed E-state index contributed by atoms with van der Waals surface area (Å²) in [6.07, 6.45) is 2.82. The molecule has 0 heterocycles. The van der Waals surface area contributed by atoms with Crippen LogP contribution in [0.15, 0.2) is 18.2 Å². The molecule has 20 heavy (non-hydrogen) atoms. The van der Waals surface area contributed by atoms with E-state index in [9.17, 15) is 4.79 Å². The van der Waals surface area contributed by atoms with Gasteiger partial charge in [-0.25, -0.2) is 4.79 Å².